The summed E-state index contributed by atoms with van der Waals surface area (Å²) in [6.45, 7) is 9.72. The molecule has 6 nitrogen and oxygen atoms in total. The summed E-state index contributed by atoms with van der Waals surface area (Å²) < 4.78 is 1.46. The molecule has 162 valence electrons. The molecule has 2 aromatic carbocycles. The number of anilines is 1. The Morgan fingerprint density at radius 3 is 2.39 bits per heavy atom. The lowest BCUT2D eigenvalue weighted by Crippen LogP contribution is -2.49. The minimum atomic E-state index is -0.125. The second-order valence-corrected chi connectivity index (χ2v) is 8.27. The highest BCUT2D eigenvalue weighted by atomic mass is 16.2. The molecule has 4 rings (SSSR count). The van der Waals surface area contributed by atoms with Crippen LogP contribution in [0, 0.1) is 13.8 Å². The maximum atomic E-state index is 13.4. The molecule has 0 aliphatic carbocycles. The summed E-state index contributed by atoms with van der Waals surface area (Å²) in [6, 6.07) is 13.7. The van der Waals surface area contributed by atoms with Crippen molar-refractivity contribution in [1.29, 1.82) is 0 Å². The first-order chi connectivity index (χ1) is 15.0. The molecular weight excluding hydrogens is 388 g/mol. The molecule has 3 aromatic rings. The van der Waals surface area contributed by atoms with Crippen LogP contribution in [0.4, 0.5) is 5.69 Å². The summed E-state index contributed by atoms with van der Waals surface area (Å²) in [7, 11) is 0. The van der Waals surface area contributed by atoms with Gasteiger partial charge in [-0.25, -0.2) is 4.68 Å². The maximum Gasteiger partial charge on any atom is 0.275 e. The summed E-state index contributed by atoms with van der Waals surface area (Å²) in [5.41, 5.74) is 4.06. The number of carbonyl (C=O) groups is 1. The van der Waals surface area contributed by atoms with Crippen molar-refractivity contribution in [1.82, 2.24) is 14.7 Å². The van der Waals surface area contributed by atoms with E-state index in [0.29, 0.717) is 36.1 Å². The minimum Gasteiger partial charge on any atom is -0.368 e. The van der Waals surface area contributed by atoms with E-state index in [0.717, 1.165) is 25.9 Å². The van der Waals surface area contributed by atoms with E-state index in [4.69, 9.17) is 0 Å². The van der Waals surface area contributed by atoms with Crippen LogP contribution in [0.3, 0.4) is 0 Å². The van der Waals surface area contributed by atoms with E-state index >= 15 is 0 Å². The Labute approximate surface area is 183 Å². The summed E-state index contributed by atoms with van der Waals surface area (Å²) in [6.07, 6.45) is 1.82. The molecule has 0 radical (unpaired) electrons. The Balaban J connectivity index is 1.60. The molecule has 1 amide bonds. The van der Waals surface area contributed by atoms with E-state index in [9.17, 15) is 9.59 Å². The monoisotopic (exact) mass is 418 g/mol. The van der Waals surface area contributed by atoms with Crippen LogP contribution in [0.5, 0.6) is 0 Å². The van der Waals surface area contributed by atoms with Gasteiger partial charge in [0.25, 0.3) is 11.5 Å². The lowest BCUT2D eigenvalue weighted by atomic mass is 10.1. The van der Waals surface area contributed by atoms with Crippen LogP contribution in [0.15, 0.2) is 47.3 Å². The second-order valence-electron chi connectivity index (χ2n) is 8.27. The van der Waals surface area contributed by atoms with E-state index in [1.807, 2.05) is 23.1 Å². The zero-order valence-corrected chi connectivity index (χ0v) is 18.6. The quantitative estimate of drug-likeness (QED) is 0.633. The van der Waals surface area contributed by atoms with Gasteiger partial charge in [0.2, 0.25) is 0 Å². The van der Waals surface area contributed by atoms with Crippen molar-refractivity contribution in [3.8, 4) is 0 Å². The van der Waals surface area contributed by atoms with Gasteiger partial charge in [0, 0.05) is 43.8 Å². The van der Waals surface area contributed by atoms with Crippen LogP contribution >= 0.6 is 0 Å². The largest absolute Gasteiger partial charge is 0.368 e. The van der Waals surface area contributed by atoms with E-state index in [-0.39, 0.29) is 11.5 Å². The summed E-state index contributed by atoms with van der Waals surface area (Å²) in [4.78, 5) is 30.5. The Morgan fingerprint density at radius 2 is 1.68 bits per heavy atom. The average Bonchev–Trinajstić information content (AvgIpc) is 2.80. The number of hydrogen-bond donors (Lipinski definition) is 0. The molecule has 6 heteroatoms. The van der Waals surface area contributed by atoms with E-state index in [2.05, 4.69) is 49.0 Å². The number of benzene rings is 2. The molecule has 1 aliphatic rings. The molecule has 1 aromatic heterocycles. The number of carbonyl (C=O) groups excluding carboxylic acids is 1. The van der Waals surface area contributed by atoms with Crippen molar-refractivity contribution in [3.63, 3.8) is 0 Å². The molecule has 2 heterocycles. The number of aromatic nitrogens is 2. The van der Waals surface area contributed by atoms with Gasteiger partial charge in [0.05, 0.1) is 5.39 Å². The number of hydrogen-bond acceptors (Lipinski definition) is 4. The zero-order valence-electron chi connectivity index (χ0n) is 18.6. The fourth-order valence-electron chi connectivity index (χ4n) is 4.23. The van der Waals surface area contributed by atoms with Crippen molar-refractivity contribution in [2.45, 2.75) is 40.2 Å². The number of piperazine rings is 1. The topological polar surface area (TPSA) is 58.4 Å². The van der Waals surface area contributed by atoms with Crippen LogP contribution in [0.1, 0.15) is 41.4 Å². The van der Waals surface area contributed by atoms with Crippen LogP contribution < -0.4 is 10.5 Å². The highest BCUT2D eigenvalue weighted by Gasteiger charge is 2.26. The number of fused-ring (bicyclic) bond motifs is 1. The molecule has 0 atom stereocenters. The van der Waals surface area contributed by atoms with Gasteiger partial charge in [0.15, 0.2) is 5.69 Å². The molecule has 0 saturated carbocycles. The lowest BCUT2D eigenvalue weighted by molar-refractivity contribution is 0.0740. The minimum absolute atomic E-state index is 0.0953. The van der Waals surface area contributed by atoms with Crippen LogP contribution in [0.2, 0.25) is 0 Å². The third-order valence-corrected chi connectivity index (χ3v) is 6.28. The molecule has 31 heavy (non-hydrogen) atoms. The predicted molar refractivity (Wildman–Crippen MR) is 125 cm³/mol. The third kappa shape index (κ3) is 4.07. The number of nitrogens with zero attached hydrogens (tertiary/aromatic N) is 4. The summed E-state index contributed by atoms with van der Waals surface area (Å²) in [5, 5.41) is 5.72. The van der Waals surface area contributed by atoms with E-state index < -0.39 is 0 Å². The Morgan fingerprint density at radius 1 is 0.968 bits per heavy atom. The lowest BCUT2D eigenvalue weighted by Gasteiger charge is -2.37. The highest BCUT2D eigenvalue weighted by molar-refractivity contribution is 6.04. The van der Waals surface area contributed by atoms with Gasteiger partial charge in [-0.15, -0.1) is 0 Å². The Kier molecular flexibility index (Phi) is 6.07. The average molecular weight is 419 g/mol. The second kappa shape index (κ2) is 8.92. The van der Waals surface area contributed by atoms with Gasteiger partial charge in [0.1, 0.15) is 0 Å². The Hall–Kier alpha value is -3.15. The summed E-state index contributed by atoms with van der Waals surface area (Å²) in [5.74, 6) is -0.0953. The van der Waals surface area contributed by atoms with Crippen molar-refractivity contribution in [2.24, 2.45) is 0 Å². The van der Waals surface area contributed by atoms with Crippen molar-refractivity contribution in [2.75, 3.05) is 31.1 Å². The van der Waals surface area contributed by atoms with Gasteiger partial charge in [-0.1, -0.05) is 43.7 Å². The standard InChI is InChI=1S/C25H30N4O2/c1-4-5-13-29-24(30)21-11-7-6-10-20(21)23(26-29)25(31)28-16-14-27(15-17-28)22-12-8-9-18(2)19(22)3/h6-12H,4-5,13-17H2,1-3H3. The maximum absolute atomic E-state index is 13.4. The molecule has 0 bridgehead atoms. The molecule has 1 fully saturated rings. The molecule has 0 spiro atoms. The summed E-state index contributed by atoms with van der Waals surface area (Å²) >= 11 is 0. The van der Waals surface area contributed by atoms with E-state index in [1.165, 1.54) is 21.5 Å². The third-order valence-electron chi connectivity index (χ3n) is 6.28. The van der Waals surface area contributed by atoms with Crippen LogP contribution in [0.25, 0.3) is 10.8 Å². The first kappa shape index (κ1) is 21.1. The SMILES string of the molecule is CCCCn1nc(C(=O)N2CCN(c3cccc(C)c3C)CC2)c2ccccc2c1=O. The van der Waals surface area contributed by atoms with E-state index in [1.54, 1.807) is 6.07 Å². The van der Waals surface area contributed by atoms with Gasteiger partial charge in [-0.2, -0.15) is 5.10 Å². The molecule has 1 saturated heterocycles. The number of amides is 1. The first-order valence-electron chi connectivity index (χ1n) is 11.1. The van der Waals surface area contributed by atoms with Crippen LogP contribution in [-0.2, 0) is 6.54 Å². The number of aryl methyl sites for hydroxylation is 2. The highest BCUT2D eigenvalue weighted by Crippen LogP contribution is 2.24. The van der Waals surface area contributed by atoms with Crippen LogP contribution in [-0.4, -0.2) is 46.8 Å². The fraction of sp³-hybridized carbons (Fsp3) is 0.400. The van der Waals surface area contributed by atoms with Crippen molar-refractivity contribution in [3.05, 3.63) is 69.6 Å². The van der Waals surface area contributed by atoms with Crippen molar-refractivity contribution >= 4 is 22.4 Å². The number of unbranched alkanes of at least 4 members (excludes halogenated alkanes) is 1. The molecular formula is C25H30N4O2. The van der Waals surface area contributed by atoms with Gasteiger partial charge < -0.3 is 9.80 Å². The van der Waals surface area contributed by atoms with Crippen molar-refractivity contribution < 1.29 is 4.79 Å². The smallest absolute Gasteiger partial charge is 0.275 e. The first-order valence-corrected chi connectivity index (χ1v) is 11.1. The normalized spacial score (nSPS) is 14.3. The molecule has 1 aliphatic heterocycles. The fourth-order valence-corrected chi connectivity index (χ4v) is 4.23. The van der Waals surface area contributed by atoms with Gasteiger partial charge in [-0.05, 0) is 43.5 Å². The van der Waals surface area contributed by atoms with Gasteiger partial charge >= 0.3 is 0 Å². The van der Waals surface area contributed by atoms with Gasteiger partial charge in [-0.3, -0.25) is 9.59 Å². The Bertz CT molecular complexity index is 1160. The number of rotatable bonds is 5. The molecule has 0 N–H and O–H groups in total. The predicted octanol–water partition coefficient (Wildman–Crippen LogP) is 3.78. The molecule has 0 unspecified atom stereocenters. The zero-order chi connectivity index (χ0) is 22.0.